The predicted molar refractivity (Wildman–Crippen MR) is 113 cm³/mol. The minimum atomic E-state index is -3.44. The minimum Gasteiger partial charge on any atom is -0.357 e. The summed E-state index contributed by atoms with van der Waals surface area (Å²) < 4.78 is 25.5. The summed E-state index contributed by atoms with van der Waals surface area (Å²) in [6, 6.07) is 6.68. The van der Waals surface area contributed by atoms with Crippen molar-refractivity contribution in [3.05, 3.63) is 29.8 Å². The zero-order valence-electron chi connectivity index (χ0n) is 17.8. The molecule has 1 aromatic carbocycles. The Balaban J connectivity index is 2.88. The smallest absolute Gasteiger partial charge is 0.242 e. The zero-order valence-corrected chi connectivity index (χ0v) is 18.6. The van der Waals surface area contributed by atoms with Crippen LogP contribution in [0.5, 0.6) is 0 Å². The average Bonchev–Trinajstić information content (AvgIpc) is 2.66. The fourth-order valence-electron chi connectivity index (χ4n) is 2.57. The highest BCUT2D eigenvalue weighted by Crippen LogP contribution is 2.14. The molecule has 1 aromatic rings. The molecular formula is C19H33N5O3S. The van der Waals surface area contributed by atoms with Crippen LogP contribution in [0.15, 0.2) is 34.2 Å². The number of rotatable bonds is 9. The third-order valence-electron chi connectivity index (χ3n) is 4.30. The van der Waals surface area contributed by atoms with Crippen molar-refractivity contribution < 1.29 is 13.2 Å². The maximum absolute atomic E-state index is 12.3. The van der Waals surface area contributed by atoms with Crippen molar-refractivity contribution in [1.82, 2.24) is 19.4 Å². The molecule has 9 heteroatoms. The van der Waals surface area contributed by atoms with E-state index in [1.165, 1.54) is 18.4 Å². The number of carbonyl (C=O) groups is 1. The van der Waals surface area contributed by atoms with E-state index >= 15 is 0 Å². The molecule has 0 fully saturated rings. The lowest BCUT2D eigenvalue weighted by Gasteiger charge is -2.25. The first-order valence-corrected chi connectivity index (χ1v) is 10.9. The highest BCUT2D eigenvalue weighted by molar-refractivity contribution is 7.89. The van der Waals surface area contributed by atoms with E-state index in [0.717, 1.165) is 5.56 Å². The molecule has 0 saturated heterocycles. The molecule has 8 nitrogen and oxygen atoms in total. The summed E-state index contributed by atoms with van der Waals surface area (Å²) in [6.45, 7) is 8.56. The van der Waals surface area contributed by atoms with E-state index in [1.807, 2.05) is 27.8 Å². The van der Waals surface area contributed by atoms with Gasteiger partial charge < -0.3 is 15.1 Å². The quantitative estimate of drug-likeness (QED) is 0.488. The molecule has 0 aliphatic heterocycles. The van der Waals surface area contributed by atoms with Gasteiger partial charge in [0.1, 0.15) is 0 Å². The number of nitrogens with zero attached hydrogens (tertiary/aromatic N) is 4. The summed E-state index contributed by atoms with van der Waals surface area (Å²) in [6.07, 6.45) is 0. The lowest BCUT2D eigenvalue weighted by atomic mass is 10.2. The molecule has 0 saturated carbocycles. The van der Waals surface area contributed by atoms with Gasteiger partial charge in [0.05, 0.1) is 18.0 Å². The maximum Gasteiger partial charge on any atom is 0.242 e. The number of hydrogen-bond acceptors (Lipinski definition) is 4. The molecule has 0 atom stereocenters. The molecule has 28 heavy (non-hydrogen) atoms. The topological polar surface area (TPSA) is 85.3 Å². The van der Waals surface area contributed by atoms with Crippen molar-refractivity contribution in [1.29, 1.82) is 0 Å². The summed E-state index contributed by atoms with van der Waals surface area (Å²) in [4.78, 5) is 20.7. The maximum atomic E-state index is 12.3. The van der Waals surface area contributed by atoms with E-state index in [1.54, 1.807) is 34.1 Å². The van der Waals surface area contributed by atoms with E-state index in [9.17, 15) is 13.2 Å². The zero-order chi connectivity index (χ0) is 21.3. The van der Waals surface area contributed by atoms with Crippen molar-refractivity contribution >= 4 is 21.9 Å². The van der Waals surface area contributed by atoms with Gasteiger partial charge in [-0.1, -0.05) is 12.1 Å². The van der Waals surface area contributed by atoms with E-state index in [-0.39, 0.29) is 17.3 Å². The first kappa shape index (κ1) is 23.9. The predicted octanol–water partition coefficient (Wildman–Crippen LogP) is 1.20. The Bertz CT molecular complexity index is 756. The number of likely N-dealkylation sites (N-methyl/N-ethyl adjacent to an activating group) is 2. The summed E-state index contributed by atoms with van der Waals surface area (Å²) in [7, 11) is 1.40. The molecule has 1 rings (SSSR count). The Hall–Kier alpha value is -2.13. The third-order valence-corrected chi connectivity index (χ3v) is 6.13. The molecule has 0 spiro atoms. The van der Waals surface area contributed by atoms with Crippen LogP contribution >= 0.6 is 0 Å². The van der Waals surface area contributed by atoms with Crippen LogP contribution in [0.1, 0.15) is 26.3 Å². The van der Waals surface area contributed by atoms with Crippen LogP contribution in [0.3, 0.4) is 0 Å². The average molecular weight is 412 g/mol. The van der Waals surface area contributed by atoms with Gasteiger partial charge in [0, 0.05) is 40.8 Å². The van der Waals surface area contributed by atoms with Crippen molar-refractivity contribution in [3.63, 3.8) is 0 Å². The van der Waals surface area contributed by atoms with Crippen LogP contribution in [0.25, 0.3) is 0 Å². The molecule has 0 radical (unpaired) electrons. The van der Waals surface area contributed by atoms with Crippen LogP contribution in [0, 0.1) is 0 Å². The molecule has 1 amide bonds. The number of amides is 1. The second-order valence-corrected chi connectivity index (χ2v) is 8.68. The summed E-state index contributed by atoms with van der Waals surface area (Å²) in [5.41, 5.74) is 0.886. The monoisotopic (exact) mass is 411 g/mol. The highest BCUT2D eigenvalue weighted by Gasteiger charge is 2.17. The van der Waals surface area contributed by atoms with E-state index in [0.29, 0.717) is 32.1 Å². The Morgan fingerprint density at radius 1 is 1.04 bits per heavy atom. The lowest BCUT2D eigenvalue weighted by Crippen LogP contribution is -2.45. The van der Waals surface area contributed by atoms with Gasteiger partial charge in [-0.2, -0.15) is 0 Å². The van der Waals surface area contributed by atoms with E-state index < -0.39 is 10.0 Å². The van der Waals surface area contributed by atoms with Gasteiger partial charge in [0.2, 0.25) is 15.9 Å². The number of nitrogens with one attached hydrogen (secondary N) is 1. The van der Waals surface area contributed by atoms with E-state index in [4.69, 9.17) is 0 Å². The van der Waals surface area contributed by atoms with Crippen molar-refractivity contribution in [2.45, 2.75) is 32.2 Å². The lowest BCUT2D eigenvalue weighted by molar-refractivity contribution is -0.131. The van der Waals surface area contributed by atoms with Gasteiger partial charge in [-0.05, 0) is 38.5 Å². The molecule has 0 bridgehead atoms. The van der Waals surface area contributed by atoms with Gasteiger partial charge in [-0.3, -0.25) is 4.79 Å². The first-order valence-electron chi connectivity index (χ1n) is 9.45. The Labute approximate surface area is 169 Å². The van der Waals surface area contributed by atoms with Crippen LogP contribution in [-0.4, -0.2) is 81.7 Å². The Morgan fingerprint density at radius 2 is 1.61 bits per heavy atom. The molecule has 1 N–H and O–H groups in total. The van der Waals surface area contributed by atoms with Gasteiger partial charge in [0.15, 0.2) is 5.96 Å². The van der Waals surface area contributed by atoms with Crippen molar-refractivity contribution in [2.24, 2.45) is 4.99 Å². The molecule has 0 aliphatic carbocycles. The number of aliphatic imine (C=N–C) groups is 1. The molecule has 158 valence electrons. The van der Waals surface area contributed by atoms with Crippen LogP contribution in [0.4, 0.5) is 0 Å². The molecular weight excluding hydrogens is 378 g/mol. The second-order valence-electron chi connectivity index (χ2n) is 6.52. The van der Waals surface area contributed by atoms with Gasteiger partial charge in [-0.15, -0.1) is 0 Å². The minimum absolute atomic E-state index is 0.0522. The summed E-state index contributed by atoms with van der Waals surface area (Å²) in [5, 5.41) is 3.19. The van der Waals surface area contributed by atoms with Crippen LogP contribution in [0.2, 0.25) is 0 Å². The van der Waals surface area contributed by atoms with Crippen molar-refractivity contribution in [2.75, 3.05) is 47.3 Å². The first-order chi connectivity index (χ1) is 13.2. The van der Waals surface area contributed by atoms with Crippen molar-refractivity contribution in [3.8, 4) is 0 Å². The number of sulfonamides is 1. The molecule has 0 aliphatic rings. The normalized spacial score (nSPS) is 12.2. The Morgan fingerprint density at radius 3 is 2.07 bits per heavy atom. The highest BCUT2D eigenvalue weighted by atomic mass is 32.2. The van der Waals surface area contributed by atoms with Gasteiger partial charge in [-0.25, -0.2) is 17.7 Å². The molecule has 0 heterocycles. The fraction of sp³-hybridized carbons (Fsp3) is 0.579. The molecule has 0 aromatic heterocycles. The number of guanidine groups is 1. The number of carbonyl (C=O) groups excluding carboxylic acids is 1. The van der Waals surface area contributed by atoms with Crippen LogP contribution in [-0.2, 0) is 21.4 Å². The van der Waals surface area contributed by atoms with Crippen LogP contribution < -0.4 is 5.32 Å². The van der Waals surface area contributed by atoms with E-state index in [2.05, 4.69) is 10.3 Å². The summed E-state index contributed by atoms with van der Waals surface area (Å²) >= 11 is 0. The fourth-order valence-corrected chi connectivity index (χ4v) is 3.47. The van der Waals surface area contributed by atoms with Gasteiger partial charge >= 0.3 is 0 Å². The Kier molecular flexibility index (Phi) is 9.40. The third kappa shape index (κ3) is 6.49. The molecule has 0 unspecified atom stereocenters. The summed E-state index contributed by atoms with van der Waals surface area (Å²) in [5.74, 6) is 0.685. The largest absolute Gasteiger partial charge is 0.357 e. The second kappa shape index (κ2) is 11.0. The van der Waals surface area contributed by atoms with Gasteiger partial charge in [0.25, 0.3) is 0 Å². The number of benzene rings is 1. The standard InChI is InChI=1S/C19H33N5O3S/c1-7-20-19(23(6)15-18(25)24(8-2)9-3)21-14-16-10-12-17(13-11-16)28(26,27)22(4)5/h10-13H,7-9,14-15H2,1-6H3,(H,20,21). The number of hydrogen-bond donors (Lipinski definition) is 1. The SMILES string of the molecule is CCNC(=NCc1ccc(S(=O)(=O)N(C)C)cc1)N(C)CC(=O)N(CC)CC.